The second-order valence-corrected chi connectivity index (χ2v) is 5.11. The highest BCUT2D eigenvalue weighted by Crippen LogP contribution is 2.21. The lowest BCUT2D eigenvalue weighted by Crippen LogP contribution is -2.40. The maximum atomic E-state index is 5.95. The van der Waals surface area contributed by atoms with E-state index >= 15 is 0 Å². The Kier molecular flexibility index (Phi) is 3.56. The molecule has 2 N–H and O–H groups in total. The number of aromatic nitrogens is 4. The zero-order valence-electron chi connectivity index (χ0n) is 11.5. The molecule has 0 aromatic carbocycles. The molecule has 0 bridgehead atoms. The monoisotopic (exact) mass is 270 g/mol. The van der Waals surface area contributed by atoms with Crippen LogP contribution in [0.25, 0.3) is 11.5 Å². The molecule has 6 heteroatoms. The molecule has 0 spiro atoms. The van der Waals surface area contributed by atoms with Gasteiger partial charge in [0, 0.05) is 43.3 Å². The van der Waals surface area contributed by atoms with Crippen LogP contribution in [-0.4, -0.2) is 39.1 Å². The van der Waals surface area contributed by atoms with E-state index in [9.17, 15) is 0 Å². The molecule has 0 saturated carbocycles. The van der Waals surface area contributed by atoms with Crippen molar-refractivity contribution in [2.75, 3.05) is 18.0 Å². The molecular weight excluding hydrogens is 252 g/mol. The summed E-state index contributed by atoms with van der Waals surface area (Å²) in [6.07, 6.45) is 6.99. The largest absolute Gasteiger partial charge is 0.356 e. The van der Waals surface area contributed by atoms with Crippen molar-refractivity contribution >= 4 is 5.82 Å². The average Bonchev–Trinajstić information content (AvgIpc) is 2.48. The molecule has 20 heavy (non-hydrogen) atoms. The van der Waals surface area contributed by atoms with Crippen LogP contribution in [0.4, 0.5) is 5.82 Å². The van der Waals surface area contributed by atoms with E-state index in [0.717, 1.165) is 37.4 Å². The summed E-state index contributed by atoms with van der Waals surface area (Å²) in [5.74, 6) is 1.58. The summed E-state index contributed by atoms with van der Waals surface area (Å²) < 4.78 is 0. The van der Waals surface area contributed by atoms with Gasteiger partial charge in [0.05, 0.1) is 6.20 Å². The number of rotatable bonds is 2. The minimum Gasteiger partial charge on any atom is -0.356 e. The molecule has 1 fully saturated rings. The Hall–Kier alpha value is -2.08. The minimum absolute atomic E-state index is 0.314. The maximum absolute atomic E-state index is 5.95. The van der Waals surface area contributed by atoms with E-state index in [1.807, 2.05) is 13.0 Å². The number of aryl methyl sites for hydroxylation is 1. The highest BCUT2D eigenvalue weighted by Gasteiger charge is 2.18. The van der Waals surface area contributed by atoms with E-state index < -0.39 is 0 Å². The van der Waals surface area contributed by atoms with Gasteiger partial charge < -0.3 is 10.6 Å². The molecule has 1 saturated heterocycles. The van der Waals surface area contributed by atoms with Gasteiger partial charge in [-0.2, -0.15) is 0 Å². The predicted octanol–water partition coefficient (Wildman–Crippen LogP) is 1.17. The fourth-order valence-electron chi connectivity index (χ4n) is 2.37. The van der Waals surface area contributed by atoms with Crippen molar-refractivity contribution in [3.8, 4) is 11.5 Å². The first kappa shape index (κ1) is 12.9. The standard InChI is InChI=1S/C14H18N6/c1-10-8-13(20-6-2-11(15)3-7-20)19-14(18-10)12-9-16-4-5-17-12/h4-5,8-9,11H,2-3,6-7,15H2,1H3. The van der Waals surface area contributed by atoms with Gasteiger partial charge in [-0.1, -0.05) is 0 Å². The summed E-state index contributed by atoms with van der Waals surface area (Å²) in [6, 6.07) is 2.32. The van der Waals surface area contributed by atoms with Gasteiger partial charge in [0.15, 0.2) is 5.82 Å². The van der Waals surface area contributed by atoms with Crippen LogP contribution in [0.15, 0.2) is 24.7 Å². The average molecular weight is 270 g/mol. The van der Waals surface area contributed by atoms with Crippen LogP contribution in [0.5, 0.6) is 0 Å². The van der Waals surface area contributed by atoms with E-state index in [2.05, 4.69) is 24.8 Å². The van der Waals surface area contributed by atoms with Crippen molar-refractivity contribution in [1.29, 1.82) is 0 Å². The normalized spacial score (nSPS) is 16.4. The molecule has 6 nitrogen and oxygen atoms in total. The molecule has 2 aromatic rings. The van der Waals surface area contributed by atoms with Crippen molar-refractivity contribution in [2.24, 2.45) is 5.73 Å². The minimum atomic E-state index is 0.314. The first-order chi connectivity index (χ1) is 9.72. The van der Waals surface area contributed by atoms with Crippen LogP contribution in [0.1, 0.15) is 18.5 Å². The quantitative estimate of drug-likeness (QED) is 0.882. The predicted molar refractivity (Wildman–Crippen MR) is 77.2 cm³/mol. The fourth-order valence-corrected chi connectivity index (χ4v) is 2.37. The Labute approximate surface area is 118 Å². The second kappa shape index (κ2) is 5.50. The summed E-state index contributed by atoms with van der Waals surface area (Å²) in [5.41, 5.74) is 7.58. The Morgan fingerprint density at radius 1 is 1.20 bits per heavy atom. The summed E-state index contributed by atoms with van der Waals surface area (Å²) in [6.45, 7) is 3.86. The highest BCUT2D eigenvalue weighted by molar-refractivity contribution is 5.52. The Balaban J connectivity index is 1.91. The molecule has 0 amide bonds. The van der Waals surface area contributed by atoms with E-state index in [1.54, 1.807) is 18.6 Å². The Morgan fingerprint density at radius 2 is 2.00 bits per heavy atom. The highest BCUT2D eigenvalue weighted by atomic mass is 15.2. The van der Waals surface area contributed by atoms with Crippen LogP contribution in [0.3, 0.4) is 0 Å². The molecule has 2 aromatic heterocycles. The fraction of sp³-hybridized carbons (Fsp3) is 0.429. The van der Waals surface area contributed by atoms with Crippen LogP contribution < -0.4 is 10.6 Å². The SMILES string of the molecule is Cc1cc(N2CCC(N)CC2)nc(-c2cnccn2)n1. The number of anilines is 1. The van der Waals surface area contributed by atoms with Gasteiger partial charge in [0.2, 0.25) is 0 Å². The summed E-state index contributed by atoms with van der Waals surface area (Å²) >= 11 is 0. The number of hydrogen-bond donors (Lipinski definition) is 1. The third kappa shape index (κ3) is 2.75. The third-order valence-electron chi connectivity index (χ3n) is 3.50. The van der Waals surface area contributed by atoms with Crippen LogP contribution >= 0.6 is 0 Å². The van der Waals surface area contributed by atoms with E-state index in [1.165, 1.54) is 0 Å². The molecule has 0 radical (unpaired) electrons. The van der Waals surface area contributed by atoms with Gasteiger partial charge in [-0.3, -0.25) is 4.98 Å². The zero-order valence-corrected chi connectivity index (χ0v) is 11.5. The number of hydrogen-bond acceptors (Lipinski definition) is 6. The Bertz CT molecular complexity index is 577. The van der Waals surface area contributed by atoms with Crippen molar-refractivity contribution in [3.05, 3.63) is 30.4 Å². The zero-order chi connectivity index (χ0) is 13.9. The molecule has 0 unspecified atom stereocenters. The number of nitrogens with two attached hydrogens (primary N) is 1. The Morgan fingerprint density at radius 3 is 2.70 bits per heavy atom. The van der Waals surface area contributed by atoms with Gasteiger partial charge in [0.1, 0.15) is 11.5 Å². The van der Waals surface area contributed by atoms with E-state index in [-0.39, 0.29) is 0 Å². The summed E-state index contributed by atoms with van der Waals surface area (Å²) in [4.78, 5) is 19.7. The molecule has 0 atom stereocenters. The van der Waals surface area contributed by atoms with Crippen molar-refractivity contribution in [1.82, 2.24) is 19.9 Å². The third-order valence-corrected chi connectivity index (χ3v) is 3.50. The van der Waals surface area contributed by atoms with Crippen molar-refractivity contribution in [2.45, 2.75) is 25.8 Å². The molecule has 3 rings (SSSR count). The van der Waals surface area contributed by atoms with Gasteiger partial charge in [0.25, 0.3) is 0 Å². The lowest BCUT2D eigenvalue weighted by Gasteiger charge is -2.31. The topological polar surface area (TPSA) is 80.8 Å². The molecular formula is C14H18N6. The molecule has 1 aliphatic rings. The molecule has 3 heterocycles. The summed E-state index contributed by atoms with van der Waals surface area (Å²) in [7, 11) is 0. The molecule has 0 aliphatic carbocycles. The first-order valence-corrected chi connectivity index (χ1v) is 6.85. The van der Waals surface area contributed by atoms with Crippen molar-refractivity contribution < 1.29 is 0 Å². The first-order valence-electron chi connectivity index (χ1n) is 6.85. The number of piperidine rings is 1. The van der Waals surface area contributed by atoms with Crippen LogP contribution in [-0.2, 0) is 0 Å². The maximum Gasteiger partial charge on any atom is 0.182 e. The summed E-state index contributed by atoms with van der Waals surface area (Å²) in [5, 5.41) is 0. The van der Waals surface area contributed by atoms with Gasteiger partial charge in [-0.25, -0.2) is 15.0 Å². The van der Waals surface area contributed by atoms with Gasteiger partial charge in [-0.15, -0.1) is 0 Å². The van der Waals surface area contributed by atoms with E-state index in [0.29, 0.717) is 17.6 Å². The molecule has 1 aliphatic heterocycles. The molecule has 104 valence electrons. The van der Waals surface area contributed by atoms with Gasteiger partial charge >= 0.3 is 0 Å². The van der Waals surface area contributed by atoms with E-state index in [4.69, 9.17) is 5.73 Å². The number of nitrogens with zero attached hydrogens (tertiary/aromatic N) is 5. The lowest BCUT2D eigenvalue weighted by molar-refractivity contribution is 0.498. The van der Waals surface area contributed by atoms with Crippen molar-refractivity contribution in [3.63, 3.8) is 0 Å². The van der Waals surface area contributed by atoms with Crippen LogP contribution in [0, 0.1) is 6.92 Å². The smallest absolute Gasteiger partial charge is 0.182 e. The second-order valence-electron chi connectivity index (χ2n) is 5.11. The van der Waals surface area contributed by atoms with Crippen LogP contribution in [0.2, 0.25) is 0 Å². The lowest BCUT2D eigenvalue weighted by atomic mass is 10.1. The van der Waals surface area contributed by atoms with Gasteiger partial charge in [-0.05, 0) is 19.8 Å².